The summed E-state index contributed by atoms with van der Waals surface area (Å²) in [6.45, 7) is 5.97. The lowest BCUT2D eigenvalue weighted by molar-refractivity contribution is -0.140. The minimum Gasteiger partial charge on any atom is -0.360 e. The zero-order valence-electron chi connectivity index (χ0n) is 15.0. The van der Waals surface area contributed by atoms with Crippen LogP contribution in [-0.4, -0.2) is 79.3 Å². The van der Waals surface area contributed by atoms with E-state index in [2.05, 4.69) is 5.16 Å². The average molecular weight is 384 g/mol. The number of nitrogens with zero attached hydrogens (tertiary/aromatic N) is 4. The maximum absolute atomic E-state index is 12.8. The van der Waals surface area contributed by atoms with Gasteiger partial charge in [0.1, 0.15) is 10.6 Å². The second kappa shape index (κ2) is 7.36. The zero-order valence-corrected chi connectivity index (χ0v) is 15.9. The predicted octanol–water partition coefficient (Wildman–Crippen LogP) is -0.00726. The number of carbonyl (C=O) groups is 2. The minimum atomic E-state index is -3.66. The lowest BCUT2D eigenvalue weighted by atomic mass is 9.96. The third-order valence-corrected chi connectivity index (χ3v) is 7.29. The zero-order chi connectivity index (χ0) is 18.9. The Labute approximate surface area is 152 Å². The third-order valence-electron chi connectivity index (χ3n) is 5.14. The van der Waals surface area contributed by atoms with E-state index in [1.807, 2.05) is 0 Å². The highest BCUT2D eigenvalue weighted by molar-refractivity contribution is 7.89. The van der Waals surface area contributed by atoms with Gasteiger partial charge < -0.3 is 14.3 Å². The number of aromatic nitrogens is 1. The molecule has 3 rings (SSSR count). The molecule has 1 aromatic rings. The molecule has 0 aliphatic carbocycles. The molecule has 0 N–H and O–H groups in total. The van der Waals surface area contributed by atoms with Gasteiger partial charge in [0, 0.05) is 45.2 Å². The second-order valence-corrected chi connectivity index (χ2v) is 8.67. The average Bonchev–Trinajstić information content (AvgIpc) is 3.00. The van der Waals surface area contributed by atoms with Gasteiger partial charge in [-0.1, -0.05) is 5.16 Å². The van der Waals surface area contributed by atoms with E-state index < -0.39 is 10.0 Å². The molecule has 0 unspecified atom stereocenters. The van der Waals surface area contributed by atoms with Crippen molar-refractivity contribution in [2.75, 3.05) is 39.3 Å². The summed E-state index contributed by atoms with van der Waals surface area (Å²) in [5, 5.41) is 3.72. The van der Waals surface area contributed by atoms with Gasteiger partial charge in [-0.15, -0.1) is 0 Å². The van der Waals surface area contributed by atoms with E-state index >= 15 is 0 Å². The third kappa shape index (κ3) is 3.48. The maximum atomic E-state index is 12.8. The first-order valence-electron chi connectivity index (χ1n) is 8.75. The van der Waals surface area contributed by atoms with Gasteiger partial charge in [-0.3, -0.25) is 9.59 Å². The lowest BCUT2D eigenvalue weighted by Gasteiger charge is -2.37. The standard InChI is InChI=1S/C16H24N4O5S/c1-12-15(13(2)25-17-12)26(23,24)20-5-3-14(4-6-20)16(22)19-9-7-18(11-21)8-10-19/h11,14H,3-10H2,1-2H3. The van der Waals surface area contributed by atoms with Crippen molar-refractivity contribution in [3.05, 3.63) is 11.5 Å². The number of piperazine rings is 1. The van der Waals surface area contributed by atoms with Crippen LogP contribution >= 0.6 is 0 Å². The highest BCUT2D eigenvalue weighted by Gasteiger charge is 2.36. The Morgan fingerprint density at radius 1 is 1.12 bits per heavy atom. The van der Waals surface area contributed by atoms with Gasteiger partial charge in [0.2, 0.25) is 22.3 Å². The Balaban J connectivity index is 1.61. The summed E-state index contributed by atoms with van der Waals surface area (Å²) < 4.78 is 32.1. The fourth-order valence-corrected chi connectivity index (χ4v) is 5.38. The molecule has 2 saturated heterocycles. The molecule has 10 heteroatoms. The number of carbonyl (C=O) groups excluding carboxylic acids is 2. The van der Waals surface area contributed by atoms with Gasteiger partial charge in [-0.2, -0.15) is 4.31 Å². The van der Waals surface area contributed by atoms with Crippen molar-refractivity contribution >= 4 is 22.3 Å². The van der Waals surface area contributed by atoms with Gasteiger partial charge in [0.15, 0.2) is 5.76 Å². The fourth-order valence-electron chi connectivity index (χ4n) is 3.62. The first-order valence-corrected chi connectivity index (χ1v) is 10.2. The topological polar surface area (TPSA) is 104 Å². The molecule has 0 bridgehead atoms. The van der Waals surface area contributed by atoms with Gasteiger partial charge in [0.05, 0.1) is 0 Å². The van der Waals surface area contributed by atoms with Crippen molar-refractivity contribution < 1.29 is 22.5 Å². The summed E-state index contributed by atoms with van der Waals surface area (Å²) in [6, 6.07) is 0. The van der Waals surface area contributed by atoms with E-state index in [0.717, 1.165) is 6.41 Å². The van der Waals surface area contributed by atoms with Gasteiger partial charge in [0.25, 0.3) is 0 Å². The molecule has 2 aliphatic heterocycles. The van der Waals surface area contributed by atoms with Crippen LogP contribution in [-0.2, 0) is 19.6 Å². The largest absolute Gasteiger partial charge is 0.360 e. The number of rotatable bonds is 4. The molecule has 26 heavy (non-hydrogen) atoms. The van der Waals surface area contributed by atoms with Crippen LogP contribution < -0.4 is 0 Å². The van der Waals surface area contributed by atoms with E-state index in [-0.39, 0.29) is 22.5 Å². The lowest BCUT2D eigenvalue weighted by Crippen LogP contribution is -2.51. The van der Waals surface area contributed by atoms with Crippen molar-refractivity contribution in [2.45, 2.75) is 31.6 Å². The molecular formula is C16H24N4O5S. The smallest absolute Gasteiger partial charge is 0.248 e. The van der Waals surface area contributed by atoms with E-state index in [1.54, 1.807) is 23.6 Å². The molecular weight excluding hydrogens is 360 g/mol. The number of amides is 2. The molecule has 144 valence electrons. The Morgan fingerprint density at radius 2 is 1.73 bits per heavy atom. The molecule has 0 atom stereocenters. The van der Waals surface area contributed by atoms with Gasteiger partial charge >= 0.3 is 0 Å². The molecule has 2 amide bonds. The molecule has 0 aromatic carbocycles. The maximum Gasteiger partial charge on any atom is 0.248 e. The Kier molecular flexibility index (Phi) is 5.33. The van der Waals surface area contributed by atoms with Crippen LogP contribution in [0.4, 0.5) is 0 Å². The van der Waals surface area contributed by atoms with E-state index in [0.29, 0.717) is 57.8 Å². The molecule has 9 nitrogen and oxygen atoms in total. The Bertz CT molecular complexity index is 755. The Hall–Kier alpha value is -1.94. The molecule has 0 saturated carbocycles. The van der Waals surface area contributed by atoms with Crippen molar-refractivity contribution in [3.63, 3.8) is 0 Å². The number of aryl methyl sites for hydroxylation is 2. The van der Waals surface area contributed by atoms with Crippen LogP contribution in [0.2, 0.25) is 0 Å². The van der Waals surface area contributed by atoms with Gasteiger partial charge in [-0.05, 0) is 26.7 Å². The summed E-state index contributed by atoms with van der Waals surface area (Å²) >= 11 is 0. The highest BCUT2D eigenvalue weighted by Crippen LogP contribution is 2.28. The SMILES string of the molecule is Cc1noc(C)c1S(=O)(=O)N1CCC(C(=O)N2CCN(C=O)CC2)CC1. The van der Waals surface area contributed by atoms with Crippen molar-refractivity contribution in [2.24, 2.45) is 5.92 Å². The van der Waals surface area contributed by atoms with Crippen LogP contribution in [0.5, 0.6) is 0 Å². The van der Waals surface area contributed by atoms with Crippen LogP contribution in [0.1, 0.15) is 24.3 Å². The predicted molar refractivity (Wildman–Crippen MR) is 91.7 cm³/mol. The second-order valence-electron chi connectivity index (χ2n) is 6.80. The number of piperidine rings is 1. The van der Waals surface area contributed by atoms with Crippen LogP contribution in [0.15, 0.2) is 9.42 Å². The summed E-state index contributed by atoms with van der Waals surface area (Å²) in [7, 11) is -3.66. The number of hydrogen-bond donors (Lipinski definition) is 0. The van der Waals surface area contributed by atoms with Crippen LogP contribution in [0, 0.1) is 19.8 Å². The van der Waals surface area contributed by atoms with Crippen molar-refractivity contribution in [1.29, 1.82) is 0 Å². The summed E-state index contributed by atoms with van der Waals surface area (Å²) in [4.78, 5) is 27.0. The molecule has 2 fully saturated rings. The minimum absolute atomic E-state index is 0.0601. The quantitative estimate of drug-likeness (QED) is 0.677. The highest BCUT2D eigenvalue weighted by atomic mass is 32.2. The van der Waals surface area contributed by atoms with Crippen LogP contribution in [0.25, 0.3) is 0 Å². The first kappa shape index (κ1) is 18.8. The summed E-state index contributed by atoms with van der Waals surface area (Å²) in [5.41, 5.74) is 0.355. The van der Waals surface area contributed by atoms with Crippen LogP contribution in [0.3, 0.4) is 0 Å². The van der Waals surface area contributed by atoms with Crippen molar-refractivity contribution in [1.82, 2.24) is 19.3 Å². The van der Waals surface area contributed by atoms with E-state index in [1.165, 1.54) is 4.31 Å². The number of sulfonamides is 1. The summed E-state index contributed by atoms with van der Waals surface area (Å²) in [5.74, 6) is 0.174. The normalized spacial score (nSPS) is 20.4. The van der Waals surface area contributed by atoms with E-state index in [4.69, 9.17) is 4.52 Å². The van der Waals surface area contributed by atoms with Crippen molar-refractivity contribution in [3.8, 4) is 0 Å². The molecule has 2 aliphatic rings. The van der Waals surface area contributed by atoms with E-state index in [9.17, 15) is 18.0 Å². The molecule has 1 aromatic heterocycles. The Morgan fingerprint density at radius 3 is 2.23 bits per heavy atom. The molecule has 3 heterocycles. The summed E-state index contributed by atoms with van der Waals surface area (Å²) in [6.07, 6.45) is 1.80. The molecule has 0 spiro atoms. The first-order chi connectivity index (χ1) is 12.3. The van der Waals surface area contributed by atoms with Gasteiger partial charge in [-0.25, -0.2) is 8.42 Å². The fraction of sp³-hybridized carbons (Fsp3) is 0.688. The number of hydrogen-bond acceptors (Lipinski definition) is 6. The monoisotopic (exact) mass is 384 g/mol. The molecule has 0 radical (unpaired) electrons.